The summed E-state index contributed by atoms with van der Waals surface area (Å²) in [6.45, 7) is 3.95. The van der Waals surface area contributed by atoms with E-state index in [2.05, 4.69) is 15.3 Å². The Kier molecular flexibility index (Phi) is 5.47. The second kappa shape index (κ2) is 8.02. The minimum absolute atomic E-state index is 0.0255. The van der Waals surface area contributed by atoms with Crippen molar-refractivity contribution in [1.29, 1.82) is 0 Å². The first kappa shape index (κ1) is 19.1. The number of thioether (sulfide) groups is 1. The Balaban J connectivity index is 1.50. The zero-order valence-corrected chi connectivity index (χ0v) is 17.8. The summed E-state index contributed by atoms with van der Waals surface area (Å²) in [6, 6.07) is 7.33. The van der Waals surface area contributed by atoms with Crippen LogP contribution >= 0.6 is 34.4 Å². The normalized spacial score (nSPS) is 11.4. The van der Waals surface area contributed by atoms with Gasteiger partial charge >= 0.3 is 0 Å². The molecule has 1 amide bonds. The quantitative estimate of drug-likeness (QED) is 0.449. The molecule has 1 N–H and O–H groups in total. The van der Waals surface area contributed by atoms with E-state index in [0.29, 0.717) is 12.2 Å². The summed E-state index contributed by atoms with van der Waals surface area (Å²) in [4.78, 5) is 35.0. The molecule has 0 atom stereocenters. The first-order valence-corrected chi connectivity index (χ1v) is 11.5. The van der Waals surface area contributed by atoms with Crippen LogP contribution in [0.3, 0.4) is 0 Å². The van der Waals surface area contributed by atoms with E-state index in [4.69, 9.17) is 0 Å². The van der Waals surface area contributed by atoms with E-state index in [1.165, 1.54) is 11.3 Å². The van der Waals surface area contributed by atoms with Gasteiger partial charge in [0.2, 0.25) is 5.91 Å². The predicted octanol–water partition coefficient (Wildman–Crippen LogP) is 4.71. The second-order valence-electron chi connectivity index (χ2n) is 6.33. The third kappa shape index (κ3) is 4.11. The van der Waals surface area contributed by atoms with Gasteiger partial charge in [-0.25, -0.2) is 9.97 Å². The van der Waals surface area contributed by atoms with Crippen LogP contribution in [0, 0.1) is 6.92 Å². The molecule has 0 aliphatic carbocycles. The van der Waals surface area contributed by atoms with E-state index in [-0.39, 0.29) is 11.5 Å². The summed E-state index contributed by atoms with van der Waals surface area (Å²) in [5.74, 6) is 0.611. The molecule has 0 aliphatic rings. The molecule has 4 aromatic rings. The van der Waals surface area contributed by atoms with E-state index < -0.39 is 0 Å². The molecule has 0 unspecified atom stereocenters. The van der Waals surface area contributed by atoms with Gasteiger partial charge in [0.25, 0.3) is 5.56 Å². The molecular formula is C19H18N4O2S3. The van der Waals surface area contributed by atoms with Crippen LogP contribution in [0.2, 0.25) is 0 Å². The maximum atomic E-state index is 12.2. The van der Waals surface area contributed by atoms with E-state index in [1.54, 1.807) is 33.6 Å². The molecule has 6 nitrogen and oxygen atoms in total. The highest BCUT2D eigenvalue weighted by Gasteiger charge is 2.10. The van der Waals surface area contributed by atoms with E-state index >= 15 is 0 Å². The fraction of sp³-hybridized carbons (Fsp3) is 0.263. The number of amides is 1. The Labute approximate surface area is 173 Å². The summed E-state index contributed by atoms with van der Waals surface area (Å²) in [7, 11) is 0. The molecule has 3 heterocycles. The standard InChI is InChI=1S/C19H18N4O2S3/c1-3-4-16(24)20-12-5-6-14-15(7-12)28-19(22-14)26-10-13-8-17(25)23-9-11(2)27-18(23)21-13/h5-9H,3-4,10H2,1-2H3,(H,20,24). The fourth-order valence-corrected chi connectivity index (χ4v) is 5.61. The molecule has 1 aromatic carbocycles. The summed E-state index contributed by atoms with van der Waals surface area (Å²) in [5.41, 5.74) is 2.39. The molecular weight excluding hydrogens is 412 g/mol. The lowest BCUT2D eigenvalue weighted by atomic mass is 10.2. The van der Waals surface area contributed by atoms with Gasteiger partial charge in [-0.2, -0.15) is 0 Å². The summed E-state index contributed by atoms with van der Waals surface area (Å²) in [5, 5.41) is 2.91. The molecule has 0 saturated carbocycles. The number of nitrogens with zero attached hydrogens (tertiary/aromatic N) is 3. The van der Waals surface area contributed by atoms with Crippen LogP contribution in [0.4, 0.5) is 5.69 Å². The number of fused-ring (bicyclic) bond motifs is 2. The summed E-state index contributed by atoms with van der Waals surface area (Å²) < 4.78 is 3.52. The summed E-state index contributed by atoms with van der Waals surface area (Å²) in [6.07, 6.45) is 3.16. The molecule has 0 aliphatic heterocycles. The van der Waals surface area contributed by atoms with Crippen molar-refractivity contribution >= 4 is 61.2 Å². The van der Waals surface area contributed by atoms with Gasteiger partial charge in [-0.3, -0.25) is 14.0 Å². The molecule has 0 saturated heterocycles. The highest BCUT2D eigenvalue weighted by atomic mass is 32.2. The maximum Gasteiger partial charge on any atom is 0.258 e. The first-order valence-electron chi connectivity index (χ1n) is 8.84. The largest absolute Gasteiger partial charge is 0.326 e. The molecule has 4 rings (SSSR count). The zero-order valence-electron chi connectivity index (χ0n) is 15.4. The highest BCUT2D eigenvalue weighted by molar-refractivity contribution is 8.00. The molecule has 0 bridgehead atoms. The van der Waals surface area contributed by atoms with Crippen molar-refractivity contribution in [2.45, 2.75) is 36.8 Å². The van der Waals surface area contributed by atoms with Crippen molar-refractivity contribution in [1.82, 2.24) is 14.4 Å². The number of rotatable bonds is 6. The van der Waals surface area contributed by atoms with Gasteiger partial charge < -0.3 is 5.32 Å². The van der Waals surface area contributed by atoms with Crippen molar-refractivity contribution in [3.05, 3.63) is 51.4 Å². The van der Waals surface area contributed by atoms with Crippen molar-refractivity contribution in [3.8, 4) is 0 Å². The molecule has 28 heavy (non-hydrogen) atoms. The van der Waals surface area contributed by atoms with Crippen LogP contribution < -0.4 is 10.9 Å². The van der Waals surface area contributed by atoms with Crippen molar-refractivity contribution < 1.29 is 4.79 Å². The maximum absolute atomic E-state index is 12.2. The molecule has 0 fully saturated rings. The van der Waals surface area contributed by atoms with Gasteiger partial charge in [0, 0.05) is 35.0 Å². The van der Waals surface area contributed by atoms with Crippen LogP contribution in [0.25, 0.3) is 15.2 Å². The van der Waals surface area contributed by atoms with Gasteiger partial charge in [-0.15, -0.1) is 22.7 Å². The monoisotopic (exact) mass is 430 g/mol. The van der Waals surface area contributed by atoms with E-state index in [1.807, 2.05) is 38.2 Å². The minimum Gasteiger partial charge on any atom is -0.326 e. The number of carbonyl (C=O) groups excluding carboxylic acids is 1. The number of anilines is 1. The third-order valence-corrected chi connectivity index (χ3v) is 7.10. The van der Waals surface area contributed by atoms with Gasteiger partial charge in [0.15, 0.2) is 9.30 Å². The number of aromatic nitrogens is 3. The Morgan fingerprint density at radius 1 is 1.25 bits per heavy atom. The second-order valence-corrected chi connectivity index (χ2v) is 9.80. The molecule has 0 spiro atoms. The molecule has 0 radical (unpaired) electrons. The smallest absolute Gasteiger partial charge is 0.258 e. The van der Waals surface area contributed by atoms with Gasteiger partial charge in [-0.1, -0.05) is 18.7 Å². The number of aryl methyl sites for hydroxylation is 1. The number of nitrogens with one attached hydrogen (secondary N) is 1. The first-order chi connectivity index (χ1) is 13.5. The van der Waals surface area contributed by atoms with Crippen molar-refractivity contribution in [2.24, 2.45) is 0 Å². The van der Waals surface area contributed by atoms with Crippen LogP contribution in [-0.2, 0) is 10.5 Å². The predicted molar refractivity (Wildman–Crippen MR) is 117 cm³/mol. The Hall–Kier alpha value is -2.23. The lowest BCUT2D eigenvalue weighted by Gasteiger charge is -2.03. The Morgan fingerprint density at radius 2 is 2.11 bits per heavy atom. The number of hydrogen-bond acceptors (Lipinski definition) is 7. The Bertz CT molecular complexity index is 1230. The van der Waals surface area contributed by atoms with Crippen LogP contribution in [0.15, 0.2) is 39.6 Å². The fourth-order valence-electron chi connectivity index (χ4n) is 2.76. The van der Waals surface area contributed by atoms with Gasteiger partial charge in [-0.05, 0) is 31.5 Å². The lowest BCUT2D eigenvalue weighted by Crippen LogP contribution is -2.12. The van der Waals surface area contributed by atoms with Crippen LogP contribution in [0.5, 0.6) is 0 Å². The topological polar surface area (TPSA) is 76.4 Å². The van der Waals surface area contributed by atoms with Gasteiger partial charge in [0.05, 0.1) is 15.9 Å². The molecule has 9 heteroatoms. The van der Waals surface area contributed by atoms with Crippen molar-refractivity contribution in [3.63, 3.8) is 0 Å². The lowest BCUT2D eigenvalue weighted by molar-refractivity contribution is -0.116. The summed E-state index contributed by atoms with van der Waals surface area (Å²) >= 11 is 4.65. The van der Waals surface area contributed by atoms with Crippen LogP contribution in [0.1, 0.15) is 30.3 Å². The SMILES string of the molecule is CCCC(=O)Nc1ccc2nc(SCc3cc(=O)n4cc(C)sc4n3)sc2c1. The zero-order chi connectivity index (χ0) is 19.7. The van der Waals surface area contributed by atoms with Gasteiger partial charge in [0.1, 0.15) is 0 Å². The number of benzene rings is 1. The number of thiazole rings is 2. The van der Waals surface area contributed by atoms with Crippen molar-refractivity contribution in [2.75, 3.05) is 5.32 Å². The minimum atomic E-state index is -0.0540. The molecule has 3 aromatic heterocycles. The number of hydrogen-bond donors (Lipinski definition) is 1. The number of carbonyl (C=O) groups is 1. The van der Waals surface area contributed by atoms with E-state index in [0.717, 1.165) is 42.2 Å². The highest BCUT2D eigenvalue weighted by Crippen LogP contribution is 2.32. The van der Waals surface area contributed by atoms with E-state index in [9.17, 15) is 9.59 Å². The van der Waals surface area contributed by atoms with Crippen LogP contribution in [-0.4, -0.2) is 20.3 Å². The Morgan fingerprint density at radius 3 is 2.93 bits per heavy atom. The molecule has 144 valence electrons. The average Bonchev–Trinajstić information content (AvgIpc) is 3.22. The average molecular weight is 431 g/mol. The third-order valence-electron chi connectivity index (χ3n) is 4.01.